The number of carbonyl (C=O) groups excluding carboxylic acids is 1. The van der Waals surface area contributed by atoms with Crippen LogP contribution in [0.5, 0.6) is 0 Å². The minimum atomic E-state index is -4.38. The van der Waals surface area contributed by atoms with E-state index < -0.39 is 7.82 Å². The van der Waals surface area contributed by atoms with Crippen molar-refractivity contribution in [3.63, 3.8) is 0 Å². The van der Waals surface area contributed by atoms with Crippen LogP contribution in [0.2, 0.25) is 0 Å². The summed E-state index contributed by atoms with van der Waals surface area (Å²) in [4.78, 5) is 26.5. The molecular formula is C4H10NO5P. The van der Waals surface area contributed by atoms with E-state index >= 15 is 0 Å². The van der Waals surface area contributed by atoms with Crippen LogP contribution in [-0.2, 0) is 13.9 Å². The lowest BCUT2D eigenvalue weighted by Crippen LogP contribution is -2.23. The van der Waals surface area contributed by atoms with Crippen molar-refractivity contribution >= 4 is 13.7 Å². The van der Waals surface area contributed by atoms with Gasteiger partial charge in [0.2, 0.25) is 5.91 Å². The summed E-state index contributed by atoms with van der Waals surface area (Å²) >= 11 is 0. The van der Waals surface area contributed by atoms with Gasteiger partial charge in [-0.1, -0.05) is 0 Å². The first kappa shape index (κ1) is 10.6. The molecule has 0 saturated carbocycles. The van der Waals surface area contributed by atoms with E-state index in [-0.39, 0.29) is 19.1 Å². The van der Waals surface area contributed by atoms with Crippen LogP contribution < -0.4 is 5.32 Å². The first-order chi connectivity index (χ1) is 4.92. The predicted molar refractivity (Wildman–Crippen MR) is 36.7 cm³/mol. The van der Waals surface area contributed by atoms with Crippen LogP contribution in [0.4, 0.5) is 0 Å². The number of rotatable bonds is 4. The molecule has 0 aliphatic carbocycles. The summed E-state index contributed by atoms with van der Waals surface area (Å²) < 4.78 is 14.1. The Morgan fingerprint density at radius 2 is 2.18 bits per heavy atom. The van der Waals surface area contributed by atoms with Crippen molar-refractivity contribution < 1.29 is 23.7 Å². The third-order valence-corrected chi connectivity index (χ3v) is 1.25. The molecule has 0 heterocycles. The number of carbonyl (C=O) groups is 1. The Bertz CT molecular complexity index is 175. The molecule has 0 fully saturated rings. The summed E-state index contributed by atoms with van der Waals surface area (Å²) in [5, 5.41) is 2.31. The number of phosphoric acid groups is 1. The number of hydrogen-bond donors (Lipinski definition) is 3. The fourth-order valence-electron chi connectivity index (χ4n) is 0.392. The molecule has 0 unspecified atom stereocenters. The van der Waals surface area contributed by atoms with Gasteiger partial charge in [-0.15, -0.1) is 0 Å². The first-order valence-electron chi connectivity index (χ1n) is 2.86. The van der Waals surface area contributed by atoms with E-state index in [1.807, 2.05) is 0 Å². The number of nitrogens with one attached hydrogen (secondary N) is 1. The van der Waals surface area contributed by atoms with Crippen LogP contribution in [0.25, 0.3) is 0 Å². The first-order valence-corrected chi connectivity index (χ1v) is 4.39. The molecule has 0 spiro atoms. The van der Waals surface area contributed by atoms with Crippen molar-refractivity contribution in [3.05, 3.63) is 0 Å². The monoisotopic (exact) mass is 183 g/mol. The molecule has 0 aromatic carbocycles. The zero-order valence-electron chi connectivity index (χ0n) is 5.98. The highest BCUT2D eigenvalue weighted by Gasteiger charge is 2.12. The smallest absolute Gasteiger partial charge is 0.354 e. The van der Waals surface area contributed by atoms with E-state index in [0.29, 0.717) is 0 Å². The van der Waals surface area contributed by atoms with Crippen molar-refractivity contribution in [2.45, 2.75) is 6.92 Å². The second-order valence-electron chi connectivity index (χ2n) is 1.81. The molecule has 6 nitrogen and oxygen atoms in total. The second-order valence-corrected chi connectivity index (χ2v) is 3.05. The van der Waals surface area contributed by atoms with E-state index in [4.69, 9.17) is 9.79 Å². The van der Waals surface area contributed by atoms with Gasteiger partial charge in [-0.3, -0.25) is 9.32 Å². The Hall–Kier alpha value is -0.420. The molecule has 0 atom stereocenters. The third-order valence-electron chi connectivity index (χ3n) is 0.735. The summed E-state index contributed by atoms with van der Waals surface area (Å²) in [6.07, 6.45) is 0. The number of phosphoric ester groups is 1. The summed E-state index contributed by atoms with van der Waals surface area (Å²) in [6.45, 7) is 1.21. The summed E-state index contributed by atoms with van der Waals surface area (Å²) in [5.41, 5.74) is 0. The highest BCUT2D eigenvalue weighted by molar-refractivity contribution is 7.46. The Labute approximate surface area is 63.8 Å². The summed E-state index contributed by atoms with van der Waals surface area (Å²) in [5.74, 6) is -0.265. The van der Waals surface area contributed by atoms with Gasteiger partial charge in [0.05, 0.1) is 6.61 Å². The molecule has 7 heteroatoms. The maximum atomic E-state index is 10.2. The van der Waals surface area contributed by atoms with Gasteiger partial charge in [0.15, 0.2) is 0 Å². The Kier molecular flexibility index (Phi) is 4.29. The van der Waals surface area contributed by atoms with Gasteiger partial charge in [0.25, 0.3) is 0 Å². The lowest BCUT2D eigenvalue weighted by Gasteiger charge is -2.04. The highest BCUT2D eigenvalue weighted by atomic mass is 31.2. The van der Waals surface area contributed by atoms with Crippen LogP contribution >= 0.6 is 7.82 Å². The molecule has 0 bridgehead atoms. The lowest BCUT2D eigenvalue weighted by molar-refractivity contribution is -0.119. The van der Waals surface area contributed by atoms with Gasteiger partial charge in [-0.25, -0.2) is 4.57 Å². The third kappa shape index (κ3) is 9.58. The fourth-order valence-corrected chi connectivity index (χ4v) is 0.721. The normalized spacial score (nSPS) is 11.2. The zero-order valence-corrected chi connectivity index (χ0v) is 6.88. The molecule has 0 saturated heterocycles. The second kappa shape index (κ2) is 4.46. The fraction of sp³-hybridized carbons (Fsp3) is 0.750. The molecule has 11 heavy (non-hydrogen) atoms. The zero-order chi connectivity index (χ0) is 8.91. The molecular weight excluding hydrogens is 173 g/mol. The van der Waals surface area contributed by atoms with E-state index in [1.54, 1.807) is 0 Å². The highest BCUT2D eigenvalue weighted by Crippen LogP contribution is 2.34. The van der Waals surface area contributed by atoms with Gasteiger partial charge in [0.1, 0.15) is 0 Å². The van der Waals surface area contributed by atoms with Gasteiger partial charge in [0, 0.05) is 13.5 Å². The van der Waals surface area contributed by atoms with Crippen molar-refractivity contribution in [3.8, 4) is 0 Å². The predicted octanol–water partition coefficient (Wildman–Crippen LogP) is -0.768. The molecule has 66 valence electrons. The van der Waals surface area contributed by atoms with E-state index in [2.05, 4.69) is 9.84 Å². The number of amides is 1. The van der Waals surface area contributed by atoms with Crippen molar-refractivity contribution in [2.24, 2.45) is 0 Å². The topological polar surface area (TPSA) is 95.9 Å². The largest absolute Gasteiger partial charge is 0.469 e. The molecule has 3 N–H and O–H groups in total. The van der Waals surface area contributed by atoms with Crippen LogP contribution in [0, 0.1) is 0 Å². The minimum Gasteiger partial charge on any atom is -0.354 e. The number of hydrogen-bond acceptors (Lipinski definition) is 3. The van der Waals surface area contributed by atoms with Crippen LogP contribution in [0.1, 0.15) is 6.92 Å². The molecule has 0 rings (SSSR count). The van der Waals surface area contributed by atoms with E-state index in [9.17, 15) is 9.36 Å². The van der Waals surface area contributed by atoms with Crippen molar-refractivity contribution in [1.29, 1.82) is 0 Å². The van der Waals surface area contributed by atoms with E-state index in [1.165, 1.54) is 6.92 Å². The molecule has 0 aliphatic heterocycles. The average Bonchev–Trinajstić information content (AvgIpc) is 1.78. The quantitative estimate of drug-likeness (QED) is 0.393. The van der Waals surface area contributed by atoms with Crippen molar-refractivity contribution in [2.75, 3.05) is 13.2 Å². The SMILES string of the molecule is CC(=O)NCCOP(=O)(O)O. The lowest BCUT2D eigenvalue weighted by atomic mass is 10.6. The minimum absolute atomic E-state index is 0.0977. The van der Waals surface area contributed by atoms with Crippen LogP contribution in [0.15, 0.2) is 0 Å². The Morgan fingerprint density at radius 1 is 1.64 bits per heavy atom. The average molecular weight is 183 g/mol. The maximum Gasteiger partial charge on any atom is 0.469 e. The Balaban J connectivity index is 3.29. The van der Waals surface area contributed by atoms with Crippen LogP contribution in [0.3, 0.4) is 0 Å². The molecule has 1 amide bonds. The van der Waals surface area contributed by atoms with Gasteiger partial charge >= 0.3 is 7.82 Å². The summed E-state index contributed by atoms with van der Waals surface area (Å²) in [7, 11) is -4.38. The van der Waals surface area contributed by atoms with Gasteiger partial charge < -0.3 is 15.1 Å². The standard InChI is InChI=1S/C4H10NO5P/c1-4(6)5-2-3-10-11(7,8)9/h2-3H2,1H3,(H,5,6)(H2,7,8,9). The van der Waals surface area contributed by atoms with Gasteiger partial charge in [-0.05, 0) is 0 Å². The van der Waals surface area contributed by atoms with Crippen molar-refractivity contribution in [1.82, 2.24) is 5.32 Å². The Morgan fingerprint density at radius 3 is 2.55 bits per heavy atom. The molecule has 0 aromatic rings. The van der Waals surface area contributed by atoms with Gasteiger partial charge in [-0.2, -0.15) is 0 Å². The molecule has 0 aliphatic rings. The maximum absolute atomic E-state index is 10.2. The summed E-state index contributed by atoms with van der Waals surface area (Å²) in [6, 6.07) is 0. The molecule has 0 radical (unpaired) electrons. The van der Waals surface area contributed by atoms with Crippen LogP contribution in [-0.4, -0.2) is 28.8 Å². The van der Waals surface area contributed by atoms with E-state index in [0.717, 1.165) is 0 Å². The molecule has 0 aromatic heterocycles.